The Labute approximate surface area is 161 Å². The first-order valence-electron chi connectivity index (χ1n) is 7.67. The molecule has 2 rings (SSSR count). The smallest absolute Gasteiger partial charge is 0.485 e. The van der Waals surface area contributed by atoms with Crippen LogP contribution in [0.1, 0.15) is 51.4 Å². The molecule has 0 unspecified atom stereocenters. The maximum Gasteiger partial charge on any atom is 0.485 e. The third-order valence-electron chi connectivity index (χ3n) is 2.77. The van der Waals surface area contributed by atoms with Gasteiger partial charge in [0.05, 0.1) is 0 Å². The summed E-state index contributed by atoms with van der Waals surface area (Å²) in [6.45, 7) is 0. The molecule has 0 atom stereocenters. The molecule has 3 nitrogen and oxygen atoms in total. The zero-order chi connectivity index (χ0) is 18.3. The molecule has 8 heteroatoms. The van der Waals surface area contributed by atoms with Gasteiger partial charge >= 0.3 is 5.51 Å². The van der Waals surface area contributed by atoms with E-state index >= 15 is 0 Å². The maximum atomic E-state index is 10.7. The number of rotatable bonds is 0. The Hall–Kier alpha value is -0.717. The molecule has 0 aromatic carbocycles. The molecule has 0 bridgehead atoms. The van der Waals surface area contributed by atoms with Crippen molar-refractivity contribution in [1.82, 2.24) is 0 Å². The van der Waals surface area contributed by atoms with E-state index in [0.29, 0.717) is 0 Å². The predicted octanol–water partition coefficient (Wildman–Crippen LogP) is 5.00. The monoisotopic (exact) mass is 466 g/mol. The van der Waals surface area contributed by atoms with Gasteiger partial charge in [-0.05, 0) is 63.5 Å². The Balaban J connectivity index is 0. The van der Waals surface area contributed by atoms with E-state index in [1.165, 1.54) is 38.5 Å². The fourth-order valence-electron chi connectivity index (χ4n) is 1.57. The fraction of sp³-hybridized carbons (Fsp3) is 0.529. The molecule has 0 aromatic rings. The minimum Gasteiger partial charge on any atom is -0.741 e. The van der Waals surface area contributed by atoms with Crippen LogP contribution in [0.2, 0.25) is 0 Å². The SMILES string of the molecule is O=S(=O)([O-])C(F)(F)F.[C]1=CCCC=CCC1.[C]1=CCCC=CCC1.[Rh]. The van der Waals surface area contributed by atoms with Gasteiger partial charge in [-0.2, -0.15) is 13.2 Å². The van der Waals surface area contributed by atoms with Crippen molar-refractivity contribution < 1.29 is 45.6 Å². The Morgan fingerprint density at radius 1 is 0.760 bits per heavy atom. The van der Waals surface area contributed by atoms with Gasteiger partial charge in [-0.1, -0.05) is 36.5 Å². The van der Waals surface area contributed by atoms with Gasteiger partial charge in [-0.3, -0.25) is 0 Å². The van der Waals surface area contributed by atoms with E-state index in [9.17, 15) is 13.2 Å². The number of alkyl halides is 3. The van der Waals surface area contributed by atoms with E-state index in [-0.39, 0.29) is 19.5 Å². The van der Waals surface area contributed by atoms with Gasteiger partial charge in [-0.15, -0.1) is 0 Å². The van der Waals surface area contributed by atoms with Crippen molar-refractivity contribution in [2.75, 3.05) is 0 Å². The van der Waals surface area contributed by atoms with Gasteiger partial charge in [0.15, 0.2) is 10.1 Å². The summed E-state index contributed by atoms with van der Waals surface area (Å²) in [4.78, 5) is 0. The van der Waals surface area contributed by atoms with E-state index in [0.717, 1.165) is 12.8 Å². The first-order valence-corrected chi connectivity index (χ1v) is 9.08. The first-order chi connectivity index (χ1) is 11.2. The van der Waals surface area contributed by atoms with E-state index in [1.54, 1.807) is 0 Å². The summed E-state index contributed by atoms with van der Waals surface area (Å²) in [6.07, 6.45) is 29.0. The van der Waals surface area contributed by atoms with Gasteiger partial charge in [0.2, 0.25) is 0 Å². The molecule has 0 heterocycles. The minimum atomic E-state index is -6.09. The van der Waals surface area contributed by atoms with E-state index < -0.39 is 15.6 Å². The normalized spacial score (nSPS) is 17.3. The molecular formula is C17H22F3O3RhS-. The fourth-order valence-corrected chi connectivity index (χ4v) is 1.57. The van der Waals surface area contributed by atoms with Crippen molar-refractivity contribution in [1.29, 1.82) is 0 Å². The van der Waals surface area contributed by atoms with Crippen LogP contribution in [0.25, 0.3) is 0 Å². The summed E-state index contributed by atoms with van der Waals surface area (Å²) in [6, 6.07) is 0. The van der Waals surface area contributed by atoms with E-state index in [4.69, 9.17) is 13.0 Å². The molecule has 2 aliphatic rings. The summed E-state index contributed by atoms with van der Waals surface area (Å²) in [5.41, 5.74) is -5.65. The summed E-state index contributed by atoms with van der Waals surface area (Å²) >= 11 is 0. The second-order valence-corrected chi connectivity index (χ2v) is 6.26. The second-order valence-electron chi connectivity index (χ2n) is 4.89. The van der Waals surface area contributed by atoms with E-state index in [2.05, 4.69) is 48.6 Å². The van der Waals surface area contributed by atoms with Crippen molar-refractivity contribution in [2.45, 2.75) is 56.9 Å². The van der Waals surface area contributed by atoms with Crippen LogP contribution in [0.3, 0.4) is 0 Å². The zero-order valence-electron chi connectivity index (χ0n) is 13.7. The minimum absolute atomic E-state index is 0. The standard InChI is InChI=1S/2C8H11.CHF3O3S.Rh/c2*1-2-4-6-8-7-5-3-1;2-1(3,4)8(5,6)7;/h2*1-2,7H,3-6H2;(H,5,6,7);/p-1. The second kappa shape index (κ2) is 15.5. The molecule has 3 radical (unpaired) electrons. The molecule has 145 valence electrons. The molecule has 0 amide bonds. The number of hydrogen-bond donors (Lipinski definition) is 0. The Morgan fingerprint density at radius 3 is 1.40 bits per heavy atom. The van der Waals surface area contributed by atoms with Crippen molar-refractivity contribution >= 4 is 10.1 Å². The molecule has 0 spiro atoms. The third-order valence-corrected chi connectivity index (χ3v) is 3.34. The molecule has 25 heavy (non-hydrogen) atoms. The summed E-state index contributed by atoms with van der Waals surface area (Å²) in [7, 11) is -6.09. The zero-order valence-corrected chi connectivity index (χ0v) is 16.2. The van der Waals surface area contributed by atoms with E-state index in [1.807, 2.05) is 0 Å². The van der Waals surface area contributed by atoms with Crippen LogP contribution in [-0.4, -0.2) is 18.5 Å². The van der Waals surface area contributed by atoms with Crippen LogP contribution in [0.15, 0.2) is 36.5 Å². The molecule has 0 saturated carbocycles. The Morgan fingerprint density at radius 2 is 1.08 bits per heavy atom. The van der Waals surface area contributed by atoms with Gasteiger partial charge in [0.1, 0.15) is 0 Å². The van der Waals surface area contributed by atoms with Crippen molar-refractivity contribution in [3.63, 3.8) is 0 Å². The molecule has 0 N–H and O–H groups in total. The van der Waals surface area contributed by atoms with Crippen molar-refractivity contribution in [3.05, 3.63) is 48.6 Å². The van der Waals surface area contributed by atoms with Crippen LogP contribution in [0, 0.1) is 12.2 Å². The van der Waals surface area contributed by atoms with Gasteiger partial charge in [0.25, 0.3) is 0 Å². The molecule has 0 saturated heterocycles. The number of halogens is 3. The van der Waals surface area contributed by atoms with Crippen LogP contribution < -0.4 is 0 Å². The van der Waals surface area contributed by atoms with Gasteiger partial charge in [-0.25, -0.2) is 8.42 Å². The Bertz CT molecular complexity index is 456. The van der Waals surface area contributed by atoms with Crippen LogP contribution in [0.5, 0.6) is 0 Å². The van der Waals surface area contributed by atoms with Crippen molar-refractivity contribution in [2.24, 2.45) is 0 Å². The van der Waals surface area contributed by atoms with Crippen LogP contribution >= 0.6 is 0 Å². The average molecular weight is 466 g/mol. The van der Waals surface area contributed by atoms with Crippen LogP contribution in [0.4, 0.5) is 13.2 Å². The largest absolute Gasteiger partial charge is 0.741 e. The number of allylic oxidation sites excluding steroid dienone is 8. The van der Waals surface area contributed by atoms with Crippen LogP contribution in [-0.2, 0) is 29.6 Å². The van der Waals surface area contributed by atoms with Gasteiger partial charge in [0, 0.05) is 19.5 Å². The molecule has 0 fully saturated rings. The summed E-state index contributed by atoms with van der Waals surface area (Å²) in [5, 5.41) is 0. The molecule has 2 aliphatic carbocycles. The summed E-state index contributed by atoms with van der Waals surface area (Å²) < 4.78 is 58.9. The summed E-state index contributed by atoms with van der Waals surface area (Å²) in [5.74, 6) is 0. The predicted molar refractivity (Wildman–Crippen MR) is 86.6 cm³/mol. The molecule has 0 aromatic heterocycles. The first kappa shape index (κ1) is 26.5. The number of hydrogen-bond acceptors (Lipinski definition) is 3. The molecule has 0 aliphatic heterocycles. The maximum absolute atomic E-state index is 10.7. The third kappa shape index (κ3) is 17.9. The topological polar surface area (TPSA) is 57.2 Å². The van der Waals surface area contributed by atoms with Gasteiger partial charge < -0.3 is 4.55 Å². The molecular weight excluding hydrogens is 444 g/mol. The quantitative estimate of drug-likeness (QED) is 0.219. The van der Waals surface area contributed by atoms with Crippen molar-refractivity contribution in [3.8, 4) is 0 Å². The average Bonchev–Trinajstić information content (AvgIpc) is 2.35. The Kier molecular flexibility index (Phi) is 16.5.